The molecule has 2 N–H and O–H groups in total. The highest BCUT2D eigenvalue weighted by Crippen LogP contribution is 2.26. The molecule has 1 aliphatic heterocycles. The number of nitrogens with one attached hydrogen (secondary N) is 1. The lowest BCUT2D eigenvalue weighted by atomic mass is 10.1. The van der Waals surface area contributed by atoms with Gasteiger partial charge in [0.25, 0.3) is 0 Å². The van der Waals surface area contributed by atoms with Gasteiger partial charge in [0.15, 0.2) is 11.6 Å². The molecule has 0 radical (unpaired) electrons. The number of ether oxygens (including phenoxy) is 1. The van der Waals surface area contributed by atoms with Gasteiger partial charge in [-0.05, 0) is 30.5 Å². The lowest BCUT2D eigenvalue weighted by Crippen LogP contribution is -2.27. The fourth-order valence-electron chi connectivity index (χ4n) is 3.55. The molecule has 1 aliphatic rings. The number of β-amino-alcohol motifs (C(OH)–C–C–N with tert-alkyl or cyclic N) is 1. The number of anilines is 2. The van der Waals surface area contributed by atoms with Gasteiger partial charge in [-0.2, -0.15) is 4.98 Å². The highest BCUT2D eigenvalue weighted by Gasteiger charge is 2.23. The molecule has 1 saturated heterocycles. The molecular formula is C21H25FN6O2. The Hall–Kier alpha value is -3.04. The fourth-order valence-corrected chi connectivity index (χ4v) is 3.55. The number of aliphatic hydroxyl groups is 1. The first-order valence-corrected chi connectivity index (χ1v) is 10.1. The molecule has 30 heavy (non-hydrogen) atoms. The van der Waals surface area contributed by atoms with Gasteiger partial charge in [0.2, 0.25) is 5.95 Å². The first-order valence-electron chi connectivity index (χ1n) is 10.1. The van der Waals surface area contributed by atoms with Gasteiger partial charge in [0.05, 0.1) is 12.8 Å². The van der Waals surface area contributed by atoms with E-state index in [1.165, 1.54) is 10.9 Å². The van der Waals surface area contributed by atoms with E-state index in [-0.39, 0.29) is 24.5 Å². The van der Waals surface area contributed by atoms with Gasteiger partial charge >= 0.3 is 0 Å². The molecular weight excluding hydrogens is 387 g/mol. The first kappa shape index (κ1) is 20.2. The zero-order chi connectivity index (χ0) is 20.9. The van der Waals surface area contributed by atoms with E-state index in [9.17, 15) is 4.39 Å². The van der Waals surface area contributed by atoms with E-state index in [1.54, 1.807) is 12.4 Å². The lowest BCUT2D eigenvalue weighted by Gasteiger charge is -2.17. The van der Waals surface area contributed by atoms with Crippen molar-refractivity contribution in [3.8, 4) is 11.6 Å². The van der Waals surface area contributed by atoms with Gasteiger partial charge in [0, 0.05) is 43.8 Å². The van der Waals surface area contributed by atoms with Crippen molar-refractivity contribution in [1.82, 2.24) is 24.4 Å². The maximum absolute atomic E-state index is 14.1. The Bertz CT molecular complexity index is 982. The van der Waals surface area contributed by atoms with Crippen molar-refractivity contribution < 1.29 is 14.2 Å². The van der Waals surface area contributed by atoms with Crippen molar-refractivity contribution >= 4 is 11.6 Å². The van der Waals surface area contributed by atoms with Crippen LogP contribution in [0.2, 0.25) is 0 Å². The number of aliphatic hydroxyl groups excluding tert-OH is 1. The predicted molar refractivity (Wildman–Crippen MR) is 111 cm³/mol. The molecule has 1 fully saturated rings. The molecule has 2 aromatic heterocycles. The minimum atomic E-state index is -0.529. The van der Waals surface area contributed by atoms with Crippen molar-refractivity contribution in [2.24, 2.45) is 0 Å². The first-order chi connectivity index (χ1) is 14.6. The number of hydrogen-bond acceptors (Lipinski definition) is 7. The van der Waals surface area contributed by atoms with E-state index in [1.807, 2.05) is 18.2 Å². The van der Waals surface area contributed by atoms with Crippen LogP contribution < -0.4 is 10.1 Å². The molecule has 0 aliphatic carbocycles. The summed E-state index contributed by atoms with van der Waals surface area (Å²) in [6.45, 7) is 4.62. The third-order valence-electron chi connectivity index (χ3n) is 5.05. The van der Waals surface area contributed by atoms with Gasteiger partial charge in [-0.3, -0.25) is 9.47 Å². The Balaban J connectivity index is 1.52. The average molecular weight is 412 g/mol. The SMILES string of the molecule is CCc1cc(Nc2ncc(F)c(-n3ccnc3)n2)cc(O[C@@H]2CCN(CCO)C2)c1. The number of nitrogens with zero attached hydrogens (tertiary/aromatic N) is 5. The molecule has 1 aromatic carbocycles. The summed E-state index contributed by atoms with van der Waals surface area (Å²) in [5, 5.41) is 12.3. The average Bonchev–Trinajstić information content (AvgIpc) is 3.42. The topological polar surface area (TPSA) is 88.3 Å². The van der Waals surface area contributed by atoms with Crippen LogP contribution >= 0.6 is 0 Å². The summed E-state index contributed by atoms with van der Waals surface area (Å²) < 4.78 is 21.8. The highest BCUT2D eigenvalue weighted by molar-refractivity contribution is 5.58. The molecule has 8 nitrogen and oxygen atoms in total. The molecule has 0 bridgehead atoms. The van der Waals surface area contributed by atoms with E-state index < -0.39 is 5.82 Å². The summed E-state index contributed by atoms with van der Waals surface area (Å²) in [7, 11) is 0. The third kappa shape index (κ3) is 4.74. The van der Waals surface area contributed by atoms with Crippen LogP contribution in [0.1, 0.15) is 18.9 Å². The molecule has 0 amide bonds. The van der Waals surface area contributed by atoms with E-state index in [4.69, 9.17) is 9.84 Å². The quantitative estimate of drug-likeness (QED) is 0.588. The summed E-state index contributed by atoms with van der Waals surface area (Å²) in [5.74, 6) is 0.653. The van der Waals surface area contributed by atoms with Crippen LogP contribution in [-0.4, -0.2) is 61.9 Å². The van der Waals surface area contributed by atoms with Gasteiger partial charge < -0.3 is 15.2 Å². The summed E-state index contributed by atoms with van der Waals surface area (Å²) in [5.41, 5.74) is 1.88. The van der Waals surface area contributed by atoms with Crippen LogP contribution in [0, 0.1) is 5.82 Å². The standard InChI is InChI=1S/C21H25FN6O2/c1-2-15-9-16(11-18(10-15)30-17-3-5-27(13-17)7-8-29)25-21-24-12-19(22)20(26-21)28-6-4-23-14-28/h4,6,9-12,14,17,29H,2-3,5,7-8,13H2,1H3,(H,24,25,26)/t17-/m1/s1. The van der Waals surface area contributed by atoms with Crippen LogP contribution in [0.3, 0.4) is 0 Å². The Morgan fingerprint density at radius 1 is 1.33 bits per heavy atom. The van der Waals surface area contributed by atoms with E-state index in [0.29, 0.717) is 6.54 Å². The Labute approximate surface area is 174 Å². The van der Waals surface area contributed by atoms with Crippen molar-refractivity contribution in [1.29, 1.82) is 0 Å². The second-order valence-corrected chi connectivity index (χ2v) is 7.23. The number of aryl methyl sites for hydroxylation is 1. The number of likely N-dealkylation sites (tertiary alicyclic amines) is 1. The highest BCUT2D eigenvalue weighted by atomic mass is 19.1. The molecule has 3 aromatic rings. The summed E-state index contributed by atoms with van der Waals surface area (Å²) in [4.78, 5) is 14.5. The van der Waals surface area contributed by atoms with Gasteiger partial charge in [-0.15, -0.1) is 0 Å². The zero-order valence-electron chi connectivity index (χ0n) is 16.8. The maximum Gasteiger partial charge on any atom is 0.229 e. The Morgan fingerprint density at radius 3 is 3.00 bits per heavy atom. The van der Waals surface area contributed by atoms with E-state index in [2.05, 4.69) is 32.1 Å². The molecule has 0 saturated carbocycles. The summed E-state index contributed by atoms with van der Waals surface area (Å²) >= 11 is 0. The number of halogens is 1. The molecule has 9 heteroatoms. The van der Waals surface area contributed by atoms with Gasteiger partial charge in [0.1, 0.15) is 18.2 Å². The monoisotopic (exact) mass is 412 g/mol. The summed E-state index contributed by atoms with van der Waals surface area (Å²) in [6, 6.07) is 5.93. The van der Waals surface area contributed by atoms with Crippen molar-refractivity contribution in [2.45, 2.75) is 25.9 Å². The van der Waals surface area contributed by atoms with Crippen molar-refractivity contribution in [2.75, 3.05) is 31.6 Å². The predicted octanol–water partition coefficient (Wildman–Crippen LogP) is 2.55. The van der Waals surface area contributed by atoms with Gasteiger partial charge in [-0.25, -0.2) is 14.4 Å². The Morgan fingerprint density at radius 2 is 2.23 bits per heavy atom. The largest absolute Gasteiger partial charge is 0.489 e. The van der Waals surface area contributed by atoms with Crippen LogP contribution in [0.15, 0.2) is 43.1 Å². The van der Waals surface area contributed by atoms with E-state index in [0.717, 1.165) is 49.1 Å². The second-order valence-electron chi connectivity index (χ2n) is 7.23. The number of benzene rings is 1. The molecule has 4 rings (SSSR count). The summed E-state index contributed by atoms with van der Waals surface area (Å²) in [6.07, 6.45) is 7.67. The normalized spacial score (nSPS) is 16.7. The minimum absolute atomic E-state index is 0.0893. The molecule has 0 unspecified atom stereocenters. The third-order valence-corrected chi connectivity index (χ3v) is 5.05. The van der Waals surface area contributed by atoms with Crippen LogP contribution in [0.4, 0.5) is 16.0 Å². The second kappa shape index (κ2) is 9.19. The number of imidazole rings is 1. The van der Waals surface area contributed by atoms with Gasteiger partial charge in [-0.1, -0.05) is 6.92 Å². The molecule has 0 spiro atoms. The van der Waals surface area contributed by atoms with Crippen LogP contribution in [0.5, 0.6) is 5.75 Å². The lowest BCUT2D eigenvalue weighted by molar-refractivity contribution is 0.181. The molecule has 3 heterocycles. The zero-order valence-corrected chi connectivity index (χ0v) is 16.8. The fraction of sp³-hybridized carbons (Fsp3) is 0.381. The number of rotatable bonds is 8. The molecule has 1 atom stereocenters. The number of hydrogen-bond donors (Lipinski definition) is 2. The number of aromatic nitrogens is 4. The van der Waals surface area contributed by atoms with Crippen LogP contribution in [0.25, 0.3) is 5.82 Å². The van der Waals surface area contributed by atoms with E-state index >= 15 is 0 Å². The van der Waals surface area contributed by atoms with Crippen molar-refractivity contribution in [3.05, 3.63) is 54.5 Å². The Kier molecular flexibility index (Phi) is 6.20. The minimum Gasteiger partial charge on any atom is -0.489 e. The smallest absolute Gasteiger partial charge is 0.229 e. The van der Waals surface area contributed by atoms with Crippen LogP contribution in [-0.2, 0) is 6.42 Å². The maximum atomic E-state index is 14.1. The van der Waals surface area contributed by atoms with Crippen molar-refractivity contribution in [3.63, 3.8) is 0 Å². The molecule has 158 valence electrons.